The summed E-state index contributed by atoms with van der Waals surface area (Å²) in [6.07, 6.45) is 1.93. The van der Waals surface area contributed by atoms with Gasteiger partial charge in [-0.3, -0.25) is 4.79 Å². The Morgan fingerprint density at radius 1 is 1.53 bits per heavy atom. The van der Waals surface area contributed by atoms with Crippen molar-refractivity contribution in [2.75, 3.05) is 25.5 Å². The molecule has 0 saturated heterocycles. The summed E-state index contributed by atoms with van der Waals surface area (Å²) < 4.78 is 5.32. The molecule has 1 aromatic carbocycles. The van der Waals surface area contributed by atoms with Gasteiger partial charge in [0.2, 0.25) is 0 Å². The monoisotopic (exact) mass is 264 g/mol. The number of nitrogen functional groups attached to an aromatic ring is 1. The van der Waals surface area contributed by atoms with E-state index in [9.17, 15) is 9.90 Å². The number of anilines is 1. The van der Waals surface area contributed by atoms with E-state index >= 15 is 0 Å². The molecule has 0 heterocycles. The number of hydrogen-bond donors (Lipinski definition) is 3. The Hall–Kier alpha value is -1.75. The summed E-state index contributed by atoms with van der Waals surface area (Å²) in [5, 5.41) is 12.0. The maximum atomic E-state index is 12.0. The van der Waals surface area contributed by atoms with Crippen molar-refractivity contribution in [3.8, 4) is 5.75 Å². The van der Waals surface area contributed by atoms with Gasteiger partial charge in [-0.15, -0.1) is 0 Å². The molecule has 19 heavy (non-hydrogen) atoms. The van der Waals surface area contributed by atoms with Gasteiger partial charge in [0.15, 0.2) is 0 Å². The molecule has 0 aliphatic heterocycles. The average molecular weight is 264 g/mol. The van der Waals surface area contributed by atoms with Crippen LogP contribution in [0.25, 0.3) is 0 Å². The van der Waals surface area contributed by atoms with Crippen LogP contribution in [0.5, 0.6) is 5.75 Å². The van der Waals surface area contributed by atoms with Gasteiger partial charge in [-0.1, -0.05) is 0 Å². The van der Waals surface area contributed by atoms with E-state index in [4.69, 9.17) is 10.5 Å². The number of benzene rings is 1. The summed E-state index contributed by atoms with van der Waals surface area (Å²) in [5.74, 6) is 0.419. The van der Waals surface area contributed by atoms with Gasteiger partial charge in [-0.05, 0) is 38.0 Å². The van der Waals surface area contributed by atoms with Crippen LogP contribution in [-0.4, -0.2) is 30.8 Å². The first kappa shape index (κ1) is 13.7. The third kappa shape index (κ3) is 3.17. The van der Waals surface area contributed by atoms with Crippen LogP contribution in [0.2, 0.25) is 0 Å². The number of aliphatic hydroxyl groups is 1. The second kappa shape index (κ2) is 5.48. The summed E-state index contributed by atoms with van der Waals surface area (Å²) in [7, 11) is 0. The Labute approximate surface area is 112 Å². The fourth-order valence-electron chi connectivity index (χ4n) is 1.91. The van der Waals surface area contributed by atoms with E-state index in [2.05, 4.69) is 5.32 Å². The minimum Gasteiger partial charge on any atom is -0.492 e. The van der Waals surface area contributed by atoms with Crippen LogP contribution in [0.15, 0.2) is 18.2 Å². The topological polar surface area (TPSA) is 84.6 Å². The van der Waals surface area contributed by atoms with E-state index in [1.54, 1.807) is 18.2 Å². The predicted octanol–water partition coefficient (Wildman–Crippen LogP) is 1.17. The molecular weight excluding hydrogens is 244 g/mol. The number of amides is 1. The Bertz CT molecular complexity index is 470. The fourth-order valence-corrected chi connectivity index (χ4v) is 1.91. The van der Waals surface area contributed by atoms with Crippen molar-refractivity contribution in [1.29, 1.82) is 0 Å². The number of carbonyl (C=O) groups is 1. The predicted molar refractivity (Wildman–Crippen MR) is 73.1 cm³/mol. The molecule has 0 aromatic heterocycles. The van der Waals surface area contributed by atoms with Crippen LogP contribution in [0.4, 0.5) is 5.69 Å². The van der Waals surface area contributed by atoms with Gasteiger partial charge >= 0.3 is 0 Å². The van der Waals surface area contributed by atoms with Gasteiger partial charge in [0, 0.05) is 17.5 Å². The van der Waals surface area contributed by atoms with Gasteiger partial charge in [0.05, 0.1) is 18.9 Å². The number of rotatable bonds is 6. The third-order valence-corrected chi connectivity index (χ3v) is 3.49. The smallest absolute Gasteiger partial charge is 0.251 e. The van der Waals surface area contributed by atoms with Crippen molar-refractivity contribution in [2.45, 2.75) is 19.8 Å². The molecule has 4 N–H and O–H groups in total. The highest BCUT2D eigenvalue weighted by atomic mass is 16.5. The van der Waals surface area contributed by atoms with Gasteiger partial charge in [0.25, 0.3) is 5.91 Å². The second-order valence-corrected chi connectivity index (χ2v) is 5.03. The molecule has 5 heteroatoms. The fraction of sp³-hybridized carbons (Fsp3) is 0.500. The maximum absolute atomic E-state index is 12.0. The molecule has 1 aromatic rings. The Kier molecular flexibility index (Phi) is 3.95. The number of nitrogens with two attached hydrogens (primary N) is 1. The molecule has 5 nitrogen and oxygen atoms in total. The van der Waals surface area contributed by atoms with E-state index < -0.39 is 0 Å². The van der Waals surface area contributed by atoms with Crippen LogP contribution in [0, 0.1) is 5.41 Å². The third-order valence-electron chi connectivity index (χ3n) is 3.49. The van der Waals surface area contributed by atoms with Gasteiger partial charge in [-0.2, -0.15) is 0 Å². The minimum atomic E-state index is -0.172. The maximum Gasteiger partial charge on any atom is 0.251 e. The average Bonchev–Trinajstić information content (AvgIpc) is 3.19. The quantitative estimate of drug-likeness (QED) is 0.673. The minimum absolute atomic E-state index is 0.0908. The van der Waals surface area contributed by atoms with Crippen molar-refractivity contribution in [3.05, 3.63) is 23.8 Å². The summed E-state index contributed by atoms with van der Waals surface area (Å²) >= 11 is 0. The standard InChI is InChI=1S/C14H20N2O3/c1-2-19-12-4-3-10(7-11(12)15)13(18)16-8-14(9-17)5-6-14/h3-4,7,17H,2,5-6,8-9,15H2,1H3,(H,16,18). The SMILES string of the molecule is CCOc1ccc(C(=O)NCC2(CO)CC2)cc1N. The van der Waals surface area contributed by atoms with Crippen LogP contribution in [0.1, 0.15) is 30.1 Å². The first-order valence-corrected chi connectivity index (χ1v) is 6.51. The van der Waals surface area contributed by atoms with Gasteiger partial charge in [-0.25, -0.2) is 0 Å². The molecule has 1 fully saturated rings. The molecule has 0 unspecified atom stereocenters. The zero-order valence-electron chi connectivity index (χ0n) is 11.1. The van der Waals surface area contributed by atoms with E-state index in [1.807, 2.05) is 6.92 Å². The van der Waals surface area contributed by atoms with Crippen molar-refractivity contribution < 1.29 is 14.6 Å². The molecule has 1 saturated carbocycles. The Morgan fingerprint density at radius 2 is 2.26 bits per heavy atom. The molecule has 1 aliphatic rings. The van der Waals surface area contributed by atoms with E-state index in [0.29, 0.717) is 30.2 Å². The highest BCUT2D eigenvalue weighted by molar-refractivity contribution is 5.95. The summed E-state index contributed by atoms with van der Waals surface area (Å²) in [6.45, 7) is 3.05. The van der Waals surface area contributed by atoms with Crippen molar-refractivity contribution in [1.82, 2.24) is 5.32 Å². The number of carbonyl (C=O) groups excluding carboxylic acids is 1. The van der Waals surface area contributed by atoms with Crippen LogP contribution >= 0.6 is 0 Å². The van der Waals surface area contributed by atoms with E-state index in [1.165, 1.54) is 0 Å². The largest absolute Gasteiger partial charge is 0.492 e. The lowest BCUT2D eigenvalue weighted by Gasteiger charge is -2.13. The lowest BCUT2D eigenvalue weighted by atomic mass is 10.1. The first-order chi connectivity index (χ1) is 9.10. The summed E-state index contributed by atoms with van der Waals surface area (Å²) in [5.41, 5.74) is 6.70. The van der Waals surface area contributed by atoms with Crippen molar-refractivity contribution >= 4 is 11.6 Å². The zero-order chi connectivity index (χ0) is 13.9. The van der Waals surface area contributed by atoms with Crippen LogP contribution < -0.4 is 15.8 Å². The highest BCUT2D eigenvalue weighted by Crippen LogP contribution is 2.44. The molecule has 0 spiro atoms. The molecule has 104 valence electrons. The molecule has 0 bridgehead atoms. The number of hydrogen-bond acceptors (Lipinski definition) is 4. The van der Waals surface area contributed by atoms with Crippen molar-refractivity contribution in [2.24, 2.45) is 5.41 Å². The number of ether oxygens (including phenoxy) is 1. The van der Waals surface area contributed by atoms with E-state index in [0.717, 1.165) is 12.8 Å². The molecule has 0 radical (unpaired) electrons. The summed E-state index contributed by atoms with van der Waals surface area (Å²) in [4.78, 5) is 12.0. The zero-order valence-corrected chi connectivity index (χ0v) is 11.1. The number of nitrogens with one attached hydrogen (secondary N) is 1. The second-order valence-electron chi connectivity index (χ2n) is 5.03. The Balaban J connectivity index is 1.97. The molecule has 1 amide bonds. The number of aliphatic hydroxyl groups excluding tert-OH is 1. The highest BCUT2D eigenvalue weighted by Gasteiger charge is 2.42. The van der Waals surface area contributed by atoms with Crippen LogP contribution in [0.3, 0.4) is 0 Å². The molecule has 0 atom stereocenters. The first-order valence-electron chi connectivity index (χ1n) is 6.51. The molecule has 1 aliphatic carbocycles. The molecule has 2 rings (SSSR count). The normalized spacial score (nSPS) is 15.9. The van der Waals surface area contributed by atoms with Crippen LogP contribution in [-0.2, 0) is 0 Å². The van der Waals surface area contributed by atoms with Gasteiger partial charge < -0.3 is 20.9 Å². The van der Waals surface area contributed by atoms with Crippen molar-refractivity contribution in [3.63, 3.8) is 0 Å². The lowest BCUT2D eigenvalue weighted by Crippen LogP contribution is -2.31. The van der Waals surface area contributed by atoms with Gasteiger partial charge in [0.1, 0.15) is 5.75 Å². The Morgan fingerprint density at radius 3 is 2.79 bits per heavy atom. The lowest BCUT2D eigenvalue weighted by molar-refractivity contribution is 0.0935. The summed E-state index contributed by atoms with van der Waals surface area (Å²) in [6, 6.07) is 5.00. The molecular formula is C14H20N2O3. The van der Waals surface area contributed by atoms with E-state index in [-0.39, 0.29) is 17.9 Å².